The van der Waals surface area contributed by atoms with Crippen LogP contribution >= 0.6 is 0 Å². The molecule has 0 saturated carbocycles. The van der Waals surface area contributed by atoms with Gasteiger partial charge in [-0.05, 0) is 12.1 Å². The van der Waals surface area contributed by atoms with E-state index in [9.17, 15) is 0 Å². The number of hydrogen-bond donors (Lipinski definition) is 2. The highest BCUT2D eigenvalue weighted by molar-refractivity contribution is 6.00. The quantitative estimate of drug-likeness (QED) is 0.608. The Balaban J connectivity index is 2.54. The Hall–Kier alpha value is -2.10. The summed E-state index contributed by atoms with van der Waals surface area (Å²) in [5.41, 5.74) is 2.73. The topological polar surface area (TPSA) is 57.4 Å². The fraction of sp³-hybridized carbons (Fsp3) is 0. The molecule has 2 N–H and O–H groups in total. The van der Waals surface area contributed by atoms with E-state index in [1.54, 1.807) is 12.3 Å². The summed E-state index contributed by atoms with van der Waals surface area (Å²) in [4.78, 5) is 14.8. The van der Waals surface area contributed by atoms with E-state index in [-0.39, 0.29) is 0 Å². The average Bonchev–Trinajstić information content (AvgIpc) is 2.82. The first-order chi connectivity index (χ1) is 6.88. The molecule has 0 aromatic carbocycles. The lowest BCUT2D eigenvalue weighted by molar-refractivity contribution is 1.29. The molecule has 3 aromatic heterocycles. The van der Waals surface area contributed by atoms with E-state index >= 15 is 0 Å². The molecular weight excluding hydrogens is 176 g/mol. The fourth-order valence-corrected chi connectivity index (χ4v) is 1.59. The molecule has 3 rings (SSSR count). The van der Waals surface area contributed by atoms with Gasteiger partial charge in [0.1, 0.15) is 17.0 Å². The van der Waals surface area contributed by atoms with Gasteiger partial charge < -0.3 is 9.97 Å². The summed E-state index contributed by atoms with van der Waals surface area (Å²) >= 11 is 0. The van der Waals surface area contributed by atoms with Crippen LogP contribution in [0.1, 0.15) is 5.82 Å². The van der Waals surface area contributed by atoms with E-state index in [0.717, 1.165) is 27.9 Å². The Morgan fingerprint density at radius 1 is 1.43 bits per heavy atom. The maximum Gasteiger partial charge on any atom is 0.139 e. The fourth-order valence-electron chi connectivity index (χ4n) is 1.59. The van der Waals surface area contributed by atoms with Crippen molar-refractivity contribution in [3.05, 3.63) is 30.9 Å². The van der Waals surface area contributed by atoms with Gasteiger partial charge in [0.05, 0.1) is 11.7 Å². The Bertz CT molecular complexity index is 617. The van der Waals surface area contributed by atoms with Gasteiger partial charge in [-0.15, -0.1) is 0 Å². The van der Waals surface area contributed by atoms with Crippen molar-refractivity contribution in [3.8, 4) is 0 Å². The second-order valence-corrected chi connectivity index (χ2v) is 3.09. The molecule has 0 aliphatic heterocycles. The van der Waals surface area contributed by atoms with Gasteiger partial charge in [0.2, 0.25) is 0 Å². The summed E-state index contributed by atoms with van der Waals surface area (Å²) in [6.07, 6.45) is 5.33. The van der Waals surface area contributed by atoms with E-state index in [2.05, 4.69) is 26.5 Å². The molecular formula is C10H8N4. The summed E-state index contributed by atoms with van der Waals surface area (Å²) in [5.74, 6) is 0.774. The molecule has 0 spiro atoms. The van der Waals surface area contributed by atoms with E-state index in [0.29, 0.717) is 0 Å². The SMILES string of the molecule is C=Cc1nc2c(cnc3[nH]ccc32)[nH]1. The van der Waals surface area contributed by atoms with Crippen molar-refractivity contribution in [1.82, 2.24) is 19.9 Å². The molecule has 68 valence electrons. The van der Waals surface area contributed by atoms with Gasteiger partial charge in [-0.3, -0.25) is 0 Å². The van der Waals surface area contributed by atoms with Crippen molar-refractivity contribution in [1.29, 1.82) is 0 Å². The van der Waals surface area contributed by atoms with Crippen LogP contribution in [0.4, 0.5) is 0 Å². The number of fused-ring (bicyclic) bond motifs is 3. The molecule has 4 nitrogen and oxygen atoms in total. The van der Waals surface area contributed by atoms with Crippen molar-refractivity contribution in [3.63, 3.8) is 0 Å². The van der Waals surface area contributed by atoms with Crippen LogP contribution in [0, 0.1) is 0 Å². The summed E-state index contributed by atoms with van der Waals surface area (Å²) in [5, 5.41) is 1.03. The first-order valence-electron chi connectivity index (χ1n) is 4.33. The van der Waals surface area contributed by atoms with E-state index in [1.165, 1.54) is 0 Å². The third-order valence-electron chi connectivity index (χ3n) is 2.25. The standard InChI is InChI=1S/C10H8N4/c1-2-8-13-7-5-12-10-6(3-4-11-10)9(7)14-8/h2-5H,1H2,(H,11,12)(H,13,14). The molecule has 0 fully saturated rings. The van der Waals surface area contributed by atoms with Gasteiger partial charge in [0.15, 0.2) is 0 Å². The molecule has 0 aliphatic rings. The predicted molar refractivity (Wildman–Crippen MR) is 55.8 cm³/mol. The van der Waals surface area contributed by atoms with Gasteiger partial charge in [0, 0.05) is 11.6 Å². The minimum absolute atomic E-state index is 0.774. The maximum atomic E-state index is 4.40. The van der Waals surface area contributed by atoms with E-state index in [1.807, 2.05) is 12.3 Å². The summed E-state index contributed by atoms with van der Waals surface area (Å²) in [6, 6.07) is 1.97. The van der Waals surface area contributed by atoms with Crippen molar-refractivity contribution in [2.24, 2.45) is 0 Å². The molecule has 0 saturated heterocycles. The zero-order valence-electron chi connectivity index (χ0n) is 7.41. The van der Waals surface area contributed by atoms with E-state index < -0.39 is 0 Å². The molecule has 3 heterocycles. The normalized spacial score (nSPS) is 11.1. The highest BCUT2D eigenvalue weighted by Crippen LogP contribution is 2.20. The lowest BCUT2D eigenvalue weighted by atomic mass is 10.3. The van der Waals surface area contributed by atoms with Crippen LogP contribution in [0.5, 0.6) is 0 Å². The lowest BCUT2D eigenvalue weighted by Gasteiger charge is -1.88. The Labute approximate surface area is 79.7 Å². The minimum atomic E-state index is 0.774. The molecule has 14 heavy (non-hydrogen) atoms. The Morgan fingerprint density at radius 2 is 2.36 bits per heavy atom. The van der Waals surface area contributed by atoms with Gasteiger partial charge >= 0.3 is 0 Å². The van der Waals surface area contributed by atoms with E-state index in [4.69, 9.17) is 0 Å². The Kier molecular flexibility index (Phi) is 1.28. The lowest BCUT2D eigenvalue weighted by Crippen LogP contribution is -1.77. The molecule has 4 heteroatoms. The summed E-state index contributed by atoms with van der Waals surface area (Å²) in [6.45, 7) is 3.67. The number of hydrogen-bond acceptors (Lipinski definition) is 2. The number of imidazole rings is 1. The van der Waals surface area contributed by atoms with Crippen LogP contribution in [-0.4, -0.2) is 19.9 Å². The molecule has 0 radical (unpaired) electrons. The number of aromatic amines is 2. The van der Waals surface area contributed by atoms with Gasteiger partial charge in [0.25, 0.3) is 0 Å². The van der Waals surface area contributed by atoms with Crippen LogP contribution in [0.15, 0.2) is 25.0 Å². The molecule has 0 aliphatic carbocycles. The van der Waals surface area contributed by atoms with Crippen molar-refractivity contribution < 1.29 is 0 Å². The molecule has 0 bridgehead atoms. The Morgan fingerprint density at radius 3 is 3.21 bits per heavy atom. The number of nitrogens with one attached hydrogen (secondary N) is 2. The minimum Gasteiger partial charge on any atom is -0.346 e. The second-order valence-electron chi connectivity index (χ2n) is 3.09. The highest BCUT2D eigenvalue weighted by atomic mass is 14.9. The first-order valence-corrected chi connectivity index (χ1v) is 4.33. The largest absolute Gasteiger partial charge is 0.346 e. The average molecular weight is 184 g/mol. The molecule has 0 unspecified atom stereocenters. The van der Waals surface area contributed by atoms with Gasteiger partial charge in [-0.2, -0.15) is 0 Å². The summed E-state index contributed by atoms with van der Waals surface area (Å²) in [7, 11) is 0. The van der Waals surface area contributed by atoms with Crippen LogP contribution < -0.4 is 0 Å². The molecule has 3 aromatic rings. The van der Waals surface area contributed by atoms with Gasteiger partial charge in [-0.1, -0.05) is 6.58 Å². The third-order valence-corrected chi connectivity index (χ3v) is 2.25. The van der Waals surface area contributed by atoms with Crippen molar-refractivity contribution in [2.45, 2.75) is 0 Å². The summed E-state index contributed by atoms with van der Waals surface area (Å²) < 4.78 is 0. The van der Waals surface area contributed by atoms with Gasteiger partial charge in [-0.25, -0.2) is 9.97 Å². The first kappa shape index (κ1) is 7.32. The second kappa shape index (κ2) is 2.45. The zero-order chi connectivity index (χ0) is 9.54. The molecule has 0 atom stereocenters. The van der Waals surface area contributed by atoms with Crippen molar-refractivity contribution in [2.75, 3.05) is 0 Å². The predicted octanol–water partition coefficient (Wildman–Crippen LogP) is 2.08. The van der Waals surface area contributed by atoms with Crippen molar-refractivity contribution >= 4 is 28.1 Å². The monoisotopic (exact) mass is 184 g/mol. The highest BCUT2D eigenvalue weighted by Gasteiger charge is 2.05. The molecule has 0 amide bonds. The number of pyridine rings is 1. The van der Waals surface area contributed by atoms with Crippen LogP contribution in [0.25, 0.3) is 28.1 Å². The third kappa shape index (κ3) is 0.821. The number of nitrogens with zero attached hydrogens (tertiary/aromatic N) is 2. The number of aromatic nitrogens is 4. The maximum absolute atomic E-state index is 4.40. The zero-order valence-corrected chi connectivity index (χ0v) is 7.41. The van der Waals surface area contributed by atoms with Crippen LogP contribution in [0.2, 0.25) is 0 Å². The smallest absolute Gasteiger partial charge is 0.139 e. The number of H-pyrrole nitrogens is 2. The number of rotatable bonds is 1. The van der Waals surface area contributed by atoms with Crippen LogP contribution in [0.3, 0.4) is 0 Å². The van der Waals surface area contributed by atoms with Crippen LogP contribution in [-0.2, 0) is 0 Å².